The highest BCUT2D eigenvalue weighted by molar-refractivity contribution is 5.95. The standard InChI is InChI=1S/C17H12F2N6O3/c18-12-7-6-11(8-13(12)19)22-15-14(25(27)28)16(21-9-20-15)23-24-17(26)10-4-2-1-3-5-10/h1-9H,(H,24,26)(H2,20,21,22,23). The third-order valence-electron chi connectivity index (χ3n) is 3.52. The topological polar surface area (TPSA) is 122 Å². The lowest BCUT2D eigenvalue weighted by Crippen LogP contribution is -2.30. The van der Waals surface area contributed by atoms with Gasteiger partial charge in [0.15, 0.2) is 11.6 Å². The van der Waals surface area contributed by atoms with E-state index in [0.717, 1.165) is 18.5 Å². The Kier molecular flexibility index (Phi) is 5.35. The molecule has 0 bridgehead atoms. The largest absolute Gasteiger partial charge is 0.355 e. The summed E-state index contributed by atoms with van der Waals surface area (Å²) in [5.41, 5.74) is 4.44. The molecule has 0 fully saturated rings. The fourth-order valence-corrected chi connectivity index (χ4v) is 2.22. The number of nitrogens with one attached hydrogen (secondary N) is 3. The Bertz CT molecular complexity index is 1030. The van der Waals surface area contributed by atoms with E-state index in [2.05, 4.69) is 26.1 Å². The molecule has 0 saturated heterocycles. The number of rotatable bonds is 6. The number of carbonyl (C=O) groups is 1. The highest BCUT2D eigenvalue weighted by Gasteiger charge is 2.24. The van der Waals surface area contributed by atoms with Gasteiger partial charge in [-0.25, -0.2) is 18.7 Å². The fourth-order valence-electron chi connectivity index (χ4n) is 2.22. The summed E-state index contributed by atoms with van der Waals surface area (Å²) in [4.78, 5) is 30.3. The number of amides is 1. The average molecular weight is 386 g/mol. The molecule has 28 heavy (non-hydrogen) atoms. The number of aromatic nitrogens is 2. The van der Waals surface area contributed by atoms with Crippen molar-refractivity contribution in [3.63, 3.8) is 0 Å². The highest BCUT2D eigenvalue weighted by Crippen LogP contribution is 2.31. The number of hydrazine groups is 1. The molecule has 9 nitrogen and oxygen atoms in total. The van der Waals surface area contributed by atoms with E-state index in [9.17, 15) is 23.7 Å². The van der Waals surface area contributed by atoms with Gasteiger partial charge in [0.05, 0.1) is 4.92 Å². The van der Waals surface area contributed by atoms with Crippen LogP contribution in [0.3, 0.4) is 0 Å². The van der Waals surface area contributed by atoms with Crippen molar-refractivity contribution in [3.05, 3.63) is 82.2 Å². The van der Waals surface area contributed by atoms with Crippen LogP contribution in [0.5, 0.6) is 0 Å². The van der Waals surface area contributed by atoms with Crippen molar-refractivity contribution in [2.75, 3.05) is 10.7 Å². The summed E-state index contributed by atoms with van der Waals surface area (Å²) in [6.45, 7) is 0. The van der Waals surface area contributed by atoms with Gasteiger partial charge in [-0.3, -0.25) is 25.8 Å². The zero-order valence-corrected chi connectivity index (χ0v) is 14.0. The Balaban J connectivity index is 1.84. The van der Waals surface area contributed by atoms with Gasteiger partial charge < -0.3 is 5.32 Å². The Hall–Kier alpha value is -4.15. The second-order valence-electron chi connectivity index (χ2n) is 5.38. The van der Waals surface area contributed by atoms with E-state index >= 15 is 0 Å². The highest BCUT2D eigenvalue weighted by atomic mass is 19.2. The minimum Gasteiger partial charge on any atom is -0.334 e. The number of anilines is 3. The van der Waals surface area contributed by atoms with Gasteiger partial charge in [0.25, 0.3) is 5.91 Å². The van der Waals surface area contributed by atoms with Gasteiger partial charge in [0, 0.05) is 17.3 Å². The zero-order valence-electron chi connectivity index (χ0n) is 14.0. The van der Waals surface area contributed by atoms with Crippen molar-refractivity contribution in [1.29, 1.82) is 0 Å². The SMILES string of the molecule is O=C(NNc1ncnc(Nc2ccc(F)c(F)c2)c1[N+](=O)[O-])c1ccccc1. The van der Waals surface area contributed by atoms with Crippen molar-refractivity contribution in [3.8, 4) is 0 Å². The fraction of sp³-hybridized carbons (Fsp3) is 0. The molecular formula is C17H12F2N6O3. The summed E-state index contributed by atoms with van der Waals surface area (Å²) < 4.78 is 26.4. The molecule has 2 aromatic carbocycles. The third-order valence-corrected chi connectivity index (χ3v) is 3.52. The quantitative estimate of drug-likeness (QED) is 0.439. The van der Waals surface area contributed by atoms with E-state index in [1.165, 1.54) is 6.07 Å². The van der Waals surface area contributed by atoms with E-state index in [0.29, 0.717) is 5.56 Å². The van der Waals surface area contributed by atoms with Gasteiger partial charge >= 0.3 is 5.69 Å². The number of hydrogen-bond donors (Lipinski definition) is 3. The van der Waals surface area contributed by atoms with Gasteiger partial charge in [-0.2, -0.15) is 0 Å². The van der Waals surface area contributed by atoms with E-state index in [-0.39, 0.29) is 17.3 Å². The minimum absolute atomic E-state index is 0.0416. The molecule has 0 aliphatic heterocycles. The Morgan fingerprint density at radius 1 is 1.00 bits per heavy atom. The van der Waals surface area contributed by atoms with Crippen molar-refractivity contribution in [2.24, 2.45) is 0 Å². The van der Waals surface area contributed by atoms with Crippen molar-refractivity contribution >= 4 is 28.9 Å². The number of nitrogens with zero attached hydrogens (tertiary/aromatic N) is 3. The van der Waals surface area contributed by atoms with Crippen LogP contribution in [0.15, 0.2) is 54.9 Å². The van der Waals surface area contributed by atoms with Crippen molar-refractivity contribution < 1.29 is 18.5 Å². The molecule has 0 aliphatic carbocycles. The lowest BCUT2D eigenvalue weighted by atomic mass is 10.2. The number of nitro groups is 1. The first kappa shape index (κ1) is 18.6. The molecule has 3 N–H and O–H groups in total. The van der Waals surface area contributed by atoms with Crippen molar-refractivity contribution in [1.82, 2.24) is 15.4 Å². The third kappa shape index (κ3) is 4.15. The van der Waals surface area contributed by atoms with Crippen LogP contribution in [-0.2, 0) is 0 Å². The first-order valence-electron chi connectivity index (χ1n) is 7.78. The van der Waals surface area contributed by atoms with Crippen LogP contribution in [0.2, 0.25) is 0 Å². The van der Waals surface area contributed by atoms with Crippen LogP contribution in [-0.4, -0.2) is 20.8 Å². The molecule has 11 heteroatoms. The number of carbonyl (C=O) groups excluding carboxylic acids is 1. The predicted molar refractivity (Wildman–Crippen MR) is 95.9 cm³/mol. The molecule has 142 valence electrons. The average Bonchev–Trinajstić information content (AvgIpc) is 2.69. The maximum Gasteiger partial charge on any atom is 0.355 e. The molecule has 0 saturated carbocycles. The molecule has 3 aromatic rings. The second kappa shape index (κ2) is 8.03. The van der Waals surface area contributed by atoms with E-state index in [1.807, 2.05) is 0 Å². The molecule has 0 spiro atoms. The lowest BCUT2D eigenvalue weighted by Gasteiger charge is -2.11. The summed E-state index contributed by atoms with van der Waals surface area (Å²) in [5, 5.41) is 14.0. The lowest BCUT2D eigenvalue weighted by molar-refractivity contribution is -0.383. The summed E-state index contributed by atoms with van der Waals surface area (Å²) >= 11 is 0. The van der Waals surface area contributed by atoms with Gasteiger partial charge in [-0.1, -0.05) is 18.2 Å². The smallest absolute Gasteiger partial charge is 0.334 e. The second-order valence-corrected chi connectivity index (χ2v) is 5.38. The molecule has 1 aromatic heterocycles. The number of hydrogen-bond acceptors (Lipinski definition) is 7. The van der Waals surface area contributed by atoms with Crippen LogP contribution in [0.25, 0.3) is 0 Å². The van der Waals surface area contributed by atoms with Gasteiger partial charge in [0.2, 0.25) is 11.6 Å². The van der Waals surface area contributed by atoms with E-state index in [4.69, 9.17) is 0 Å². The molecule has 0 unspecified atom stereocenters. The molecule has 0 atom stereocenters. The van der Waals surface area contributed by atoms with Crippen LogP contribution >= 0.6 is 0 Å². The predicted octanol–water partition coefficient (Wildman–Crippen LogP) is 3.16. The van der Waals surface area contributed by atoms with Gasteiger partial charge in [-0.05, 0) is 24.3 Å². The summed E-state index contributed by atoms with van der Waals surface area (Å²) in [5.74, 6) is -3.30. The van der Waals surface area contributed by atoms with Crippen LogP contribution in [0.1, 0.15) is 10.4 Å². The molecule has 0 radical (unpaired) electrons. The molecule has 3 rings (SSSR count). The van der Waals surface area contributed by atoms with E-state index in [1.54, 1.807) is 30.3 Å². The van der Waals surface area contributed by atoms with E-state index < -0.39 is 28.2 Å². The monoisotopic (exact) mass is 386 g/mol. The summed E-state index contributed by atoms with van der Waals surface area (Å²) in [6, 6.07) is 11.0. The molecular weight excluding hydrogens is 374 g/mol. The normalized spacial score (nSPS) is 10.2. The molecule has 1 amide bonds. The van der Waals surface area contributed by atoms with Crippen LogP contribution in [0, 0.1) is 21.7 Å². The van der Waals surface area contributed by atoms with Crippen LogP contribution in [0.4, 0.5) is 31.8 Å². The maximum atomic E-state index is 13.3. The zero-order chi connectivity index (χ0) is 20.1. The Labute approximate surface area is 156 Å². The first-order valence-corrected chi connectivity index (χ1v) is 7.78. The number of benzene rings is 2. The Morgan fingerprint density at radius 3 is 2.39 bits per heavy atom. The Morgan fingerprint density at radius 2 is 1.71 bits per heavy atom. The maximum absolute atomic E-state index is 13.3. The minimum atomic E-state index is -1.13. The van der Waals surface area contributed by atoms with Gasteiger partial charge in [0.1, 0.15) is 6.33 Å². The van der Waals surface area contributed by atoms with Crippen molar-refractivity contribution in [2.45, 2.75) is 0 Å². The molecule has 1 heterocycles. The van der Waals surface area contributed by atoms with Gasteiger partial charge in [-0.15, -0.1) is 0 Å². The molecule has 0 aliphatic rings. The summed E-state index contributed by atoms with van der Waals surface area (Å²) in [7, 11) is 0. The van der Waals surface area contributed by atoms with Crippen LogP contribution < -0.4 is 16.2 Å². The number of halogens is 2. The summed E-state index contributed by atoms with van der Waals surface area (Å²) in [6.07, 6.45) is 1.01. The first-order chi connectivity index (χ1) is 13.5.